The van der Waals surface area contributed by atoms with E-state index in [4.69, 9.17) is 4.74 Å². The van der Waals surface area contributed by atoms with Crippen molar-refractivity contribution in [2.75, 3.05) is 4.90 Å². The highest BCUT2D eigenvalue weighted by Crippen LogP contribution is 2.44. The number of aryl methyl sites for hydroxylation is 2. The third kappa shape index (κ3) is 6.34. The molecule has 1 N–H and O–H groups in total. The SMILES string of the molecule is Cc1ccc(C2/C(=C(\O)c3ccc(OCc4cccc(C)c4)cc3)C(=O)C(=O)N2c2nnc(SCc3cccc4ccccc34)s2)cc1. The molecular weight excluding hydrogens is 639 g/mol. The number of thioether (sulfide) groups is 1. The van der Waals surface area contributed by atoms with Crippen molar-refractivity contribution in [3.05, 3.63) is 154 Å². The zero-order valence-corrected chi connectivity index (χ0v) is 27.9. The van der Waals surface area contributed by atoms with Crippen LogP contribution in [-0.2, 0) is 21.9 Å². The summed E-state index contributed by atoms with van der Waals surface area (Å²) in [5.41, 5.74) is 5.47. The normalized spacial score (nSPS) is 15.7. The lowest BCUT2D eigenvalue weighted by Gasteiger charge is -2.22. The number of amides is 1. The molecule has 2 heterocycles. The van der Waals surface area contributed by atoms with Crippen LogP contribution in [0.2, 0.25) is 0 Å². The summed E-state index contributed by atoms with van der Waals surface area (Å²) in [5.74, 6) is -0.520. The molecule has 1 unspecified atom stereocenters. The molecule has 48 heavy (non-hydrogen) atoms. The van der Waals surface area contributed by atoms with Crippen molar-refractivity contribution in [2.45, 2.75) is 36.6 Å². The van der Waals surface area contributed by atoms with Crippen molar-refractivity contribution in [1.29, 1.82) is 0 Å². The summed E-state index contributed by atoms with van der Waals surface area (Å²) in [4.78, 5) is 28.7. The van der Waals surface area contributed by atoms with Crippen molar-refractivity contribution in [1.82, 2.24) is 10.2 Å². The number of carbonyl (C=O) groups excluding carboxylic acids is 2. The summed E-state index contributed by atoms with van der Waals surface area (Å²) in [6, 6.07) is 36.1. The highest BCUT2D eigenvalue weighted by molar-refractivity contribution is 8.00. The summed E-state index contributed by atoms with van der Waals surface area (Å²) in [6.07, 6.45) is 0. The van der Waals surface area contributed by atoms with Crippen LogP contribution in [0, 0.1) is 13.8 Å². The summed E-state index contributed by atoms with van der Waals surface area (Å²) < 4.78 is 6.62. The van der Waals surface area contributed by atoms with E-state index in [1.165, 1.54) is 44.3 Å². The van der Waals surface area contributed by atoms with Gasteiger partial charge in [-0.1, -0.05) is 125 Å². The molecule has 1 fully saturated rings. The lowest BCUT2D eigenvalue weighted by Crippen LogP contribution is -2.29. The van der Waals surface area contributed by atoms with Gasteiger partial charge in [-0.25, -0.2) is 0 Å². The number of Topliss-reactive ketones (excluding diaryl/α,β-unsaturated/α-hetero) is 1. The van der Waals surface area contributed by atoms with Gasteiger partial charge >= 0.3 is 5.91 Å². The smallest absolute Gasteiger partial charge is 0.301 e. The predicted molar refractivity (Wildman–Crippen MR) is 191 cm³/mol. The molecule has 0 bridgehead atoms. The molecule has 6 aromatic rings. The van der Waals surface area contributed by atoms with E-state index in [1.807, 2.05) is 74.5 Å². The summed E-state index contributed by atoms with van der Waals surface area (Å²) in [5, 5.41) is 23.0. The molecule has 0 saturated carbocycles. The minimum atomic E-state index is -0.883. The quantitative estimate of drug-likeness (QED) is 0.0541. The molecule has 238 valence electrons. The average Bonchev–Trinajstić information content (AvgIpc) is 3.68. The molecule has 0 spiro atoms. The second-order valence-electron chi connectivity index (χ2n) is 11.7. The van der Waals surface area contributed by atoms with Crippen LogP contribution >= 0.6 is 23.1 Å². The molecule has 5 aromatic carbocycles. The molecule has 7 nitrogen and oxygen atoms in total. The number of rotatable bonds is 9. The van der Waals surface area contributed by atoms with Gasteiger partial charge in [0.2, 0.25) is 5.13 Å². The van der Waals surface area contributed by atoms with Crippen molar-refractivity contribution in [3.63, 3.8) is 0 Å². The maximum absolute atomic E-state index is 13.7. The Morgan fingerprint density at radius 3 is 2.40 bits per heavy atom. The van der Waals surface area contributed by atoms with E-state index < -0.39 is 17.7 Å². The monoisotopic (exact) mass is 669 g/mol. The zero-order valence-electron chi connectivity index (χ0n) is 26.3. The van der Waals surface area contributed by atoms with Gasteiger partial charge in [0.1, 0.15) is 18.1 Å². The van der Waals surface area contributed by atoms with Crippen LogP contribution in [0.5, 0.6) is 5.75 Å². The maximum atomic E-state index is 13.7. The first-order valence-electron chi connectivity index (χ1n) is 15.4. The van der Waals surface area contributed by atoms with Gasteiger partial charge in [-0.2, -0.15) is 0 Å². The van der Waals surface area contributed by atoms with Crippen molar-refractivity contribution in [3.8, 4) is 5.75 Å². The van der Waals surface area contributed by atoms with Crippen molar-refractivity contribution < 1.29 is 19.4 Å². The van der Waals surface area contributed by atoms with Gasteiger partial charge in [0.15, 0.2) is 4.34 Å². The van der Waals surface area contributed by atoms with E-state index in [1.54, 1.807) is 24.3 Å². The number of fused-ring (bicyclic) bond motifs is 1. The van der Waals surface area contributed by atoms with Gasteiger partial charge in [0, 0.05) is 11.3 Å². The van der Waals surface area contributed by atoms with Crippen LogP contribution in [-0.4, -0.2) is 27.0 Å². The zero-order chi connectivity index (χ0) is 33.2. The fourth-order valence-electron chi connectivity index (χ4n) is 5.84. The molecule has 9 heteroatoms. The first-order chi connectivity index (χ1) is 23.4. The van der Waals surface area contributed by atoms with Gasteiger partial charge in [-0.3, -0.25) is 14.5 Å². The lowest BCUT2D eigenvalue weighted by atomic mass is 9.95. The number of carbonyl (C=O) groups is 2. The summed E-state index contributed by atoms with van der Waals surface area (Å²) >= 11 is 2.78. The van der Waals surface area contributed by atoms with E-state index in [-0.39, 0.29) is 11.3 Å². The molecule has 1 aliphatic heterocycles. The van der Waals surface area contributed by atoms with E-state index in [0.717, 1.165) is 16.7 Å². The number of anilines is 1. The third-order valence-electron chi connectivity index (χ3n) is 8.29. The number of ether oxygens (including phenoxy) is 1. The van der Waals surface area contributed by atoms with Gasteiger partial charge < -0.3 is 9.84 Å². The van der Waals surface area contributed by atoms with E-state index in [2.05, 4.69) is 40.5 Å². The number of ketones is 1. The Bertz CT molecular complexity index is 2170. The molecule has 1 amide bonds. The van der Waals surface area contributed by atoms with Crippen molar-refractivity contribution in [2.24, 2.45) is 0 Å². The minimum Gasteiger partial charge on any atom is -0.507 e. The van der Waals surface area contributed by atoms with Gasteiger partial charge in [0.25, 0.3) is 5.78 Å². The van der Waals surface area contributed by atoms with Crippen LogP contribution in [0.15, 0.2) is 125 Å². The van der Waals surface area contributed by atoms with Gasteiger partial charge in [-0.05, 0) is 65.6 Å². The lowest BCUT2D eigenvalue weighted by molar-refractivity contribution is -0.132. The number of aliphatic hydroxyl groups excluding tert-OH is 1. The molecule has 0 aliphatic carbocycles. The van der Waals surface area contributed by atoms with Crippen LogP contribution in [0.1, 0.15) is 39.4 Å². The van der Waals surface area contributed by atoms with Crippen LogP contribution < -0.4 is 9.64 Å². The highest BCUT2D eigenvalue weighted by atomic mass is 32.2. The summed E-state index contributed by atoms with van der Waals surface area (Å²) in [6.45, 7) is 4.40. The Morgan fingerprint density at radius 2 is 1.60 bits per heavy atom. The number of aromatic nitrogens is 2. The maximum Gasteiger partial charge on any atom is 0.301 e. The number of hydrogen-bond acceptors (Lipinski definition) is 8. The van der Waals surface area contributed by atoms with Crippen molar-refractivity contribution >= 4 is 56.5 Å². The Balaban J connectivity index is 1.17. The Kier molecular flexibility index (Phi) is 8.80. The van der Waals surface area contributed by atoms with E-state index in [9.17, 15) is 14.7 Å². The Labute approximate surface area is 286 Å². The first kappa shape index (κ1) is 31.4. The Morgan fingerprint density at radius 1 is 0.854 bits per heavy atom. The fourth-order valence-corrected chi connectivity index (χ4v) is 7.71. The third-order valence-corrected chi connectivity index (χ3v) is 10.4. The second-order valence-corrected chi connectivity index (χ2v) is 13.8. The molecule has 1 saturated heterocycles. The molecule has 0 radical (unpaired) electrons. The van der Waals surface area contributed by atoms with Crippen LogP contribution in [0.3, 0.4) is 0 Å². The standard InChI is InChI=1S/C39H31N3O4S2/c1-24-13-15-28(16-14-24)34-33(35(43)29-17-19-31(20-18-29)46-22-26-8-5-7-25(2)21-26)36(44)37(45)42(34)38-40-41-39(48-38)47-23-30-11-6-10-27-9-3-4-12-32(27)30/h3-21,34,43H,22-23H2,1-2H3/b35-33+. The largest absolute Gasteiger partial charge is 0.507 e. The molecule has 1 atom stereocenters. The average molecular weight is 670 g/mol. The highest BCUT2D eigenvalue weighted by Gasteiger charge is 2.48. The second kappa shape index (κ2) is 13.5. The topological polar surface area (TPSA) is 92.6 Å². The van der Waals surface area contributed by atoms with E-state index >= 15 is 0 Å². The van der Waals surface area contributed by atoms with Gasteiger partial charge in [-0.15, -0.1) is 10.2 Å². The van der Waals surface area contributed by atoms with E-state index in [0.29, 0.717) is 38.7 Å². The molecule has 1 aromatic heterocycles. The van der Waals surface area contributed by atoms with Gasteiger partial charge in [0.05, 0.1) is 11.6 Å². The number of hydrogen-bond donors (Lipinski definition) is 1. The molecule has 7 rings (SSSR count). The first-order valence-corrected chi connectivity index (χ1v) is 17.3. The number of aliphatic hydroxyl groups is 1. The fraction of sp³-hybridized carbons (Fsp3) is 0.128. The predicted octanol–water partition coefficient (Wildman–Crippen LogP) is 8.81. The van der Waals surface area contributed by atoms with Crippen LogP contribution in [0.4, 0.5) is 5.13 Å². The molecule has 1 aliphatic rings. The molecular formula is C39H31N3O4S2. The number of benzene rings is 5. The minimum absolute atomic E-state index is 0.00237. The summed E-state index contributed by atoms with van der Waals surface area (Å²) in [7, 11) is 0. The Hall–Kier alpha value is -5.25. The van der Waals surface area contributed by atoms with Crippen LogP contribution in [0.25, 0.3) is 16.5 Å². The number of nitrogens with zero attached hydrogens (tertiary/aromatic N) is 3.